The standard InChI is InChI=1S/C29H42N6O6/c1-19(2)16-33(27(38)24-23(18-36)35(31-30-24)21-9-7-6-8-10-21)22-15-20(26(37)32-11-13-41-14-12-32)17-34(28(39)40)25(22)29(3,4)5/h6-10,19-20,22,25,36H,11-18H2,1-5H3,(H,39,40)/t20-,22+,25?/m1/s1. The van der Waals surface area contributed by atoms with Gasteiger partial charge in [0.1, 0.15) is 5.69 Å². The van der Waals surface area contributed by atoms with Gasteiger partial charge < -0.3 is 29.6 Å². The number of carbonyl (C=O) groups excluding carboxylic acids is 2. The fourth-order valence-electron chi connectivity index (χ4n) is 6.10. The zero-order chi connectivity index (χ0) is 29.9. The third kappa shape index (κ3) is 6.54. The van der Waals surface area contributed by atoms with Crippen LogP contribution in [0, 0.1) is 17.3 Å². The van der Waals surface area contributed by atoms with Gasteiger partial charge in [-0.2, -0.15) is 0 Å². The summed E-state index contributed by atoms with van der Waals surface area (Å²) in [6.07, 6.45) is -0.820. The average Bonchev–Trinajstić information content (AvgIpc) is 3.39. The van der Waals surface area contributed by atoms with Crippen molar-refractivity contribution in [3.8, 4) is 5.69 Å². The highest BCUT2D eigenvalue weighted by Gasteiger charge is 2.50. The Hall–Kier alpha value is -3.51. The van der Waals surface area contributed by atoms with Crippen molar-refractivity contribution in [2.24, 2.45) is 17.3 Å². The first-order chi connectivity index (χ1) is 19.4. The summed E-state index contributed by atoms with van der Waals surface area (Å²) in [6, 6.07) is 7.92. The topological polar surface area (TPSA) is 141 Å². The van der Waals surface area contributed by atoms with Crippen molar-refractivity contribution in [3.05, 3.63) is 41.7 Å². The number of aliphatic hydroxyl groups is 1. The molecule has 3 atom stereocenters. The number of ether oxygens (including phenoxy) is 1. The van der Waals surface area contributed by atoms with E-state index >= 15 is 0 Å². The molecule has 0 bridgehead atoms. The molecule has 2 aliphatic rings. The number of para-hydroxylation sites is 1. The number of carbonyl (C=O) groups is 3. The number of likely N-dealkylation sites (tertiary alicyclic amines) is 1. The maximum atomic E-state index is 14.4. The smallest absolute Gasteiger partial charge is 0.407 e. The number of amides is 3. The molecule has 224 valence electrons. The highest BCUT2D eigenvalue weighted by molar-refractivity contribution is 5.94. The molecule has 0 aliphatic carbocycles. The van der Waals surface area contributed by atoms with Gasteiger partial charge in [0.25, 0.3) is 5.91 Å². The van der Waals surface area contributed by atoms with E-state index < -0.39 is 42.0 Å². The highest BCUT2D eigenvalue weighted by atomic mass is 16.5. The van der Waals surface area contributed by atoms with Crippen LogP contribution in [0.15, 0.2) is 30.3 Å². The summed E-state index contributed by atoms with van der Waals surface area (Å²) >= 11 is 0. The van der Waals surface area contributed by atoms with Crippen molar-refractivity contribution in [2.75, 3.05) is 39.4 Å². The van der Waals surface area contributed by atoms with E-state index in [1.807, 2.05) is 52.8 Å². The lowest BCUT2D eigenvalue weighted by molar-refractivity contribution is -0.144. The molecule has 3 heterocycles. The number of hydrogen-bond donors (Lipinski definition) is 2. The van der Waals surface area contributed by atoms with Gasteiger partial charge in [-0.3, -0.25) is 9.59 Å². The van der Waals surface area contributed by atoms with Crippen LogP contribution in [0.5, 0.6) is 0 Å². The Kier molecular flexibility index (Phi) is 9.33. The van der Waals surface area contributed by atoms with Crippen molar-refractivity contribution in [1.82, 2.24) is 29.7 Å². The Morgan fingerprint density at radius 2 is 1.78 bits per heavy atom. The van der Waals surface area contributed by atoms with Gasteiger partial charge in [-0.05, 0) is 29.9 Å². The van der Waals surface area contributed by atoms with E-state index in [0.717, 1.165) is 0 Å². The van der Waals surface area contributed by atoms with Gasteiger partial charge in [-0.25, -0.2) is 9.48 Å². The summed E-state index contributed by atoms with van der Waals surface area (Å²) in [5, 5.41) is 29.0. The fourth-order valence-corrected chi connectivity index (χ4v) is 6.10. The van der Waals surface area contributed by atoms with Crippen LogP contribution >= 0.6 is 0 Å². The van der Waals surface area contributed by atoms with E-state index in [2.05, 4.69) is 10.3 Å². The molecule has 2 N–H and O–H groups in total. The van der Waals surface area contributed by atoms with E-state index in [0.29, 0.717) is 45.0 Å². The molecular formula is C29H42N6O6. The van der Waals surface area contributed by atoms with Crippen LogP contribution in [0.3, 0.4) is 0 Å². The summed E-state index contributed by atoms with van der Waals surface area (Å²) in [7, 11) is 0. The lowest BCUT2D eigenvalue weighted by Crippen LogP contribution is -2.66. The number of benzene rings is 1. The van der Waals surface area contributed by atoms with Crippen LogP contribution in [0.4, 0.5) is 4.79 Å². The van der Waals surface area contributed by atoms with Crippen molar-refractivity contribution in [2.45, 2.75) is 59.7 Å². The molecule has 12 nitrogen and oxygen atoms in total. The number of aromatic nitrogens is 3. The van der Waals surface area contributed by atoms with E-state index in [1.54, 1.807) is 21.9 Å². The number of piperidine rings is 1. The third-order valence-corrected chi connectivity index (χ3v) is 7.79. The van der Waals surface area contributed by atoms with Gasteiger partial charge in [-0.1, -0.05) is 58.0 Å². The quantitative estimate of drug-likeness (QED) is 0.517. The van der Waals surface area contributed by atoms with Crippen molar-refractivity contribution < 1.29 is 29.3 Å². The van der Waals surface area contributed by atoms with Crippen molar-refractivity contribution in [1.29, 1.82) is 0 Å². The first-order valence-electron chi connectivity index (χ1n) is 14.2. The Morgan fingerprint density at radius 1 is 1.12 bits per heavy atom. The number of aliphatic hydroxyl groups excluding tert-OH is 1. The molecule has 12 heteroatoms. The van der Waals surface area contributed by atoms with Gasteiger partial charge in [0.15, 0.2) is 5.69 Å². The summed E-state index contributed by atoms with van der Waals surface area (Å²) < 4.78 is 6.85. The first-order valence-corrected chi connectivity index (χ1v) is 14.2. The zero-order valence-electron chi connectivity index (χ0n) is 24.6. The average molecular weight is 571 g/mol. The minimum atomic E-state index is -1.13. The fraction of sp³-hybridized carbons (Fsp3) is 0.621. The molecule has 41 heavy (non-hydrogen) atoms. The van der Waals surface area contributed by atoms with Crippen molar-refractivity contribution in [3.63, 3.8) is 0 Å². The minimum Gasteiger partial charge on any atom is -0.465 e. The van der Waals surface area contributed by atoms with Crippen LogP contribution < -0.4 is 0 Å². The van der Waals surface area contributed by atoms with E-state index in [4.69, 9.17) is 4.74 Å². The van der Waals surface area contributed by atoms with Crippen LogP contribution in [0.25, 0.3) is 5.69 Å². The van der Waals surface area contributed by atoms with Crippen LogP contribution in [-0.4, -0.2) is 109 Å². The molecule has 0 radical (unpaired) electrons. The van der Waals surface area contributed by atoms with Gasteiger partial charge >= 0.3 is 6.09 Å². The third-order valence-electron chi connectivity index (χ3n) is 7.79. The number of nitrogens with zero attached hydrogens (tertiary/aromatic N) is 6. The molecule has 2 aliphatic heterocycles. The van der Waals surface area contributed by atoms with Crippen molar-refractivity contribution >= 4 is 17.9 Å². The Balaban J connectivity index is 1.77. The first kappa shape index (κ1) is 30.4. The Labute approximate surface area is 240 Å². The predicted octanol–water partition coefficient (Wildman–Crippen LogP) is 2.50. The Bertz CT molecular complexity index is 1220. The highest BCUT2D eigenvalue weighted by Crippen LogP contribution is 2.38. The van der Waals surface area contributed by atoms with Crippen LogP contribution in [0.1, 0.15) is 57.2 Å². The van der Waals surface area contributed by atoms with E-state index in [1.165, 1.54) is 9.58 Å². The molecule has 2 fully saturated rings. The Morgan fingerprint density at radius 3 is 2.34 bits per heavy atom. The molecular weight excluding hydrogens is 528 g/mol. The van der Waals surface area contributed by atoms with Gasteiger partial charge in [-0.15, -0.1) is 5.10 Å². The second kappa shape index (κ2) is 12.6. The zero-order valence-corrected chi connectivity index (χ0v) is 24.6. The molecule has 4 rings (SSSR count). The summed E-state index contributed by atoms with van der Waals surface area (Å²) in [6.45, 7) is 11.5. The summed E-state index contributed by atoms with van der Waals surface area (Å²) in [5.41, 5.74) is 0.353. The number of morpholine rings is 1. The molecule has 0 spiro atoms. The monoisotopic (exact) mass is 570 g/mol. The molecule has 2 aromatic rings. The van der Waals surface area contributed by atoms with E-state index in [9.17, 15) is 24.6 Å². The molecule has 1 aromatic heterocycles. The maximum Gasteiger partial charge on any atom is 0.407 e. The largest absolute Gasteiger partial charge is 0.465 e. The molecule has 2 saturated heterocycles. The number of hydrogen-bond acceptors (Lipinski definition) is 7. The van der Waals surface area contributed by atoms with Gasteiger partial charge in [0.2, 0.25) is 5.91 Å². The minimum absolute atomic E-state index is 0.00756. The lowest BCUT2D eigenvalue weighted by Gasteiger charge is -2.52. The molecule has 1 aromatic carbocycles. The number of rotatable bonds is 7. The predicted molar refractivity (Wildman–Crippen MR) is 150 cm³/mol. The number of carboxylic acid groups (broad SMARTS) is 1. The van der Waals surface area contributed by atoms with E-state index in [-0.39, 0.29) is 29.8 Å². The second-order valence-corrected chi connectivity index (χ2v) is 12.3. The van der Waals surface area contributed by atoms with Gasteiger partial charge in [0.05, 0.1) is 43.5 Å². The van der Waals surface area contributed by atoms with Crippen LogP contribution in [0.2, 0.25) is 0 Å². The van der Waals surface area contributed by atoms with Gasteiger partial charge in [0, 0.05) is 26.2 Å². The molecule has 3 amide bonds. The summed E-state index contributed by atoms with van der Waals surface area (Å²) in [4.78, 5) is 45.4. The molecule has 0 saturated carbocycles. The maximum absolute atomic E-state index is 14.4. The molecule has 1 unspecified atom stereocenters. The van der Waals surface area contributed by atoms with Crippen LogP contribution in [-0.2, 0) is 16.1 Å². The normalized spacial score (nSPS) is 21.7. The SMILES string of the molecule is CC(C)CN(C(=O)c1nnn(-c2ccccc2)c1CO)[C@H]1C[C@@H](C(=O)N2CCOCC2)CN(C(=O)O)C1C(C)(C)C. The second-order valence-electron chi connectivity index (χ2n) is 12.3. The summed E-state index contributed by atoms with van der Waals surface area (Å²) in [5.74, 6) is -1.16. The lowest BCUT2D eigenvalue weighted by atomic mass is 9.74.